The molecule has 1 aliphatic carbocycles. The summed E-state index contributed by atoms with van der Waals surface area (Å²) in [6, 6.07) is 5.26. The van der Waals surface area contributed by atoms with Crippen LogP contribution in [0.2, 0.25) is 0 Å². The van der Waals surface area contributed by atoms with Crippen LogP contribution in [0.15, 0.2) is 36.2 Å². The zero-order valence-corrected chi connectivity index (χ0v) is 12.6. The third-order valence-corrected chi connectivity index (χ3v) is 3.93. The van der Waals surface area contributed by atoms with Gasteiger partial charge in [-0.25, -0.2) is 4.79 Å². The highest BCUT2D eigenvalue weighted by atomic mass is 19.4. The number of benzene rings is 1. The second-order valence-corrected chi connectivity index (χ2v) is 5.64. The molecule has 1 fully saturated rings. The van der Waals surface area contributed by atoms with Crippen LogP contribution in [0.25, 0.3) is 0 Å². The van der Waals surface area contributed by atoms with Crippen LogP contribution in [0.1, 0.15) is 41.6 Å². The summed E-state index contributed by atoms with van der Waals surface area (Å²) in [5.41, 5.74) is -0.772. The van der Waals surface area contributed by atoms with Crippen molar-refractivity contribution in [3.8, 4) is 6.07 Å². The van der Waals surface area contributed by atoms with Crippen molar-refractivity contribution in [2.75, 3.05) is 0 Å². The molecule has 1 saturated carbocycles. The Hall–Kier alpha value is -2.36. The second-order valence-electron chi connectivity index (χ2n) is 5.64. The highest BCUT2D eigenvalue weighted by Gasteiger charge is 2.30. The summed E-state index contributed by atoms with van der Waals surface area (Å²) in [4.78, 5) is 12.0. The third-order valence-electron chi connectivity index (χ3n) is 3.93. The number of carbonyl (C=O) groups excluding carboxylic acids is 1. The van der Waals surface area contributed by atoms with Gasteiger partial charge in [0.1, 0.15) is 12.2 Å². The SMILES string of the molecule is N#CC(F)=C[C@H]1CC[C@H](OC(=O)c2ccc(C(F)(F)F)cc2)CC1. The van der Waals surface area contributed by atoms with Crippen molar-refractivity contribution >= 4 is 5.97 Å². The summed E-state index contributed by atoms with van der Waals surface area (Å²) in [5.74, 6) is -1.56. The lowest BCUT2D eigenvalue weighted by Crippen LogP contribution is -2.24. The van der Waals surface area contributed by atoms with Gasteiger partial charge in [-0.3, -0.25) is 0 Å². The van der Waals surface area contributed by atoms with Crippen LogP contribution in [-0.2, 0) is 10.9 Å². The second kappa shape index (κ2) is 7.47. The van der Waals surface area contributed by atoms with Gasteiger partial charge in [-0.05, 0) is 61.9 Å². The number of hydrogen-bond donors (Lipinski definition) is 0. The summed E-state index contributed by atoms with van der Waals surface area (Å²) in [6.07, 6.45) is -1.32. The lowest BCUT2D eigenvalue weighted by Gasteiger charge is -2.26. The number of allylic oxidation sites excluding steroid dienone is 2. The van der Waals surface area contributed by atoms with E-state index in [1.165, 1.54) is 12.1 Å². The minimum absolute atomic E-state index is 0.0561. The van der Waals surface area contributed by atoms with Crippen LogP contribution in [-0.4, -0.2) is 12.1 Å². The molecular weight excluding hydrogens is 326 g/mol. The van der Waals surface area contributed by atoms with Gasteiger partial charge in [0.05, 0.1) is 11.1 Å². The predicted octanol–water partition coefficient (Wildman–Crippen LogP) is 4.80. The minimum Gasteiger partial charge on any atom is -0.459 e. The number of nitriles is 1. The van der Waals surface area contributed by atoms with E-state index in [9.17, 15) is 22.4 Å². The molecule has 0 heterocycles. The fourth-order valence-corrected chi connectivity index (χ4v) is 2.63. The number of esters is 1. The molecule has 1 aliphatic rings. The Balaban J connectivity index is 1.89. The van der Waals surface area contributed by atoms with Crippen LogP contribution in [0, 0.1) is 17.2 Å². The average Bonchev–Trinajstić information content (AvgIpc) is 2.55. The molecule has 128 valence electrons. The molecule has 2 rings (SSSR count). The van der Waals surface area contributed by atoms with E-state index in [2.05, 4.69) is 0 Å². The van der Waals surface area contributed by atoms with Crippen LogP contribution in [0.3, 0.4) is 0 Å². The molecule has 0 atom stereocenters. The molecular formula is C17H15F4NO2. The molecule has 24 heavy (non-hydrogen) atoms. The Morgan fingerprint density at radius 1 is 1.17 bits per heavy atom. The molecule has 0 aliphatic heterocycles. The zero-order chi connectivity index (χ0) is 17.7. The molecule has 0 unspecified atom stereocenters. The minimum atomic E-state index is -4.45. The van der Waals surface area contributed by atoms with Crippen LogP contribution in [0.4, 0.5) is 17.6 Å². The van der Waals surface area contributed by atoms with Crippen LogP contribution < -0.4 is 0 Å². The Labute approximate surface area is 136 Å². The van der Waals surface area contributed by atoms with Crippen molar-refractivity contribution in [3.05, 3.63) is 47.3 Å². The smallest absolute Gasteiger partial charge is 0.416 e. The van der Waals surface area contributed by atoms with Gasteiger partial charge in [0.25, 0.3) is 0 Å². The Morgan fingerprint density at radius 2 is 1.75 bits per heavy atom. The number of alkyl halides is 3. The zero-order valence-electron chi connectivity index (χ0n) is 12.6. The van der Waals surface area contributed by atoms with Gasteiger partial charge in [0.15, 0.2) is 5.83 Å². The molecule has 0 N–H and O–H groups in total. The molecule has 0 radical (unpaired) electrons. The standard InChI is InChI=1S/C17H15F4NO2/c18-14(10-22)9-11-1-7-15(8-2-11)24-16(23)12-3-5-13(6-4-12)17(19,20)21/h3-6,9,11,15H,1-2,7-8H2/t11-,15-. The van der Waals surface area contributed by atoms with E-state index in [-0.39, 0.29) is 17.6 Å². The van der Waals surface area contributed by atoms with E-state index in [1.807, 2.05) is 0 Å². The normalized spacial score (nSPS) is 21.9. The maximum absolute atomic E-state index is 12.9. The number of nitrogens with zero attached hydrogens (tertiary/aromatic N) is 1. The van der Waals surface area contributed by atoms with Crippen molar-refractivity contribution < 1.29 is 27.1 Å². The average molecular weight is 341 g/mol. The van der Waals surface area contributed by atoms with Gasteiger partial charge in [-0.2, -0.15) is 22.8 Å². The number of halogens is 4. The first-order valence-electron chi connectivity index (χ1n) is 7.45. The van der Waals surface area contributed by atoms with E-state index in [1.54, 1.807) is 0 Å². The van der Waals surface area contributed by atoms with Gasteiger partial charge < -0.3 is 4.74 Å². The number of ether oxygens (including phenoxy) is 1. The van der Waals surface area contributed by atoms with E-state index < -0.39 is 23.5 Å². The topological polar surface area (TPSA) is 50.1 Å². The fourth-order valence-electron chi connectivity index (χ4n) is 2.63. The van der Waals surface area contributed by atoms with Crippen molar-refractivity contribution in [2.24, 2.45) is 5.92 Å². The maximum atomic E-state index is 12.9. The van der Waals surface area contributed by atoms with Gasteiger partial charge in [0.2, 0.25) is 0 Å². The Kier molecular flexibility index (Phi) is 5.60. The maximum Gasteiger partial charge on any atom is 0.416 e. The summed E-state index contributed by atoms with van der Waals surface area (Å²) in [6.45, 7) is 0. The molecule has 0 spiro atoms. The molecule has 0 aromatic heterocycles. The summed E-state index contributed by atoms with van der Waals surface area (Å²) in [5, 5.41) is 8.40. The molecule has 1 aromatic carbocycles. The molecule has 3 nitrogen and oxygen atoms in total. The Bertz CT molecular complexity index is 651. The van der Waals surface area contributed by atoms with Crippen molar-refractivity contribution in [1.82, 2.24) is 0 Å². The van der Waals surface area contributed by atoms with Crippen molar-refractivity contribution in [1.29, 1.82) is 5.26 Å². The summed E-state index contributed by atoms with van der Waals surface area (Å²) < 4.78 is 55.6. The number of hydrogen-bond acceptors (Lipinski definition) is 3. The Morgan fingerprint density at radius 3 is 2.25 bits per heavy atom. The largest absolute Gasteiger partial charge is 0.459 e. The van der Waals surface area contributed by atoms with E-state index in [0.717, 1.165) is 24.3 Å². The van der Waals surface area contributed by atoms with Crippen molar-refractivity contribution in [2.45, 2.75) is 38.0 Å². The van der Waals surface area contributed by atoms with Gasteiger partial charge in [-0.15, -0.1) is 0 Å². The molecule has 7 heteroatoms. The first-order valence-corrected chi connectivity index (χ1v) is 7.45. The highest BCUT2D eigenvalue weighted by Crippen LogP contribution is 2.30. The monoisotopic (exact) mass is 341 g/mol. The highest BCUT2D eigenvalue weighted by molar-refractivity contribution is 5.89. The van der Waals surface area contributed by atoms with Crippen LogP contribution in [0.5, 0.6) is 0 Å². The van der Waals surface area contributed by atoms with E-state index in [0.29, 0.717) is 25.7 Å². The lowest BCUT2D eigenvalue weighted by molar-refractivity contribution is -0.137. The summed E-state index contributed by atoms with van der Waals surface area (Å²) in [7, 11) is 0. The molecule has 0 bridgehead atoms. The quantitative estimate of drug-likeness (QED) is 0.451. The molecule has 0 amide bonds. The van der Waals surface area contributed by atoms with Gasteiger partial charge >= 0.3 is 12.1 Å². The van der Waals surface area contributed by atoms with Crippen LogP contribution >= 0.6 is 0 Å². The third kappa shape index (κ3) is 4.82. The van der Waals surface area contributed by atoms with Gasteiger partial charge in [-0.1, -0.05) is 0 Å². The molecule has 1 aromatic rings. The first kappa shape index (κ1) is 18.0. The van der Waals surface area contributed by atoms with E-state index in [4.69, 9.17) is 10.00 Å². The van der Waals surface area contributed by atoms with E-state index >= 15 is 0 Å². The predicted molar refractivity (Wildman–Crippen MR) is 77.4 cm³/mol. The number of carbonyl (C=O) groups is 1. The summed E-state index contributed by atoms with van der Waals surface area (Å²) >= 11 is 0. The van der Waals surface area contributed by atoms with Crippen molar-refractivity contribution in [3.63, 3.8) is 0 Å². The lowest BCUT2D eigenvalue weighted by atomic mass is 9.87. The number of rotatable bonds is 3. The van der Waals surface area contributed by atoms with Gasteiger partial charge in [0, 0.05) is 0 Å². The fraction of sp³-hybridized carbons (Fsp3) is 0.412. The first-order chi connectivity index (χ1) is 11.3. The molecule has 0 saturated heterocycles.